The molecule has 8 nitrogen and oxygen atoms in total. The van der Waals surface area contributed by atoms with Gasteiger partial charge in [0.15, 0.2) is 0 Å². The number of hydrogen-bond acceptors (Lipinski definition) is 6. The van der Waals surface area contributed by atoms with Gasteiger partial charge in [-0.3, -0.25) is 14.5 Å². The summed E-state index contributed by atoms with van der Waals surface area (Å²) < 4.78 is 0. The molecule has 1 saturated heterocycles. The number of hydrogen-bond donors (Lipinski definition) is 3. The van der Waals surface area contributed by atoms with Crippen LogP contribution in [0.1, 0.15) is 34.7 Å². The van der Waals surface area contributed by atoms with Gasteiger partial charge in [-0.1, -0.05) is 0 Å². The molecule has 3 heterocycles. The minimum Gasteiger partial charge on any atom is -0.355 e. The first-order chi connectivity index (χ1) is 12.1. The van der Waals surface area contributed by atoms with Crippen molar-refractivity contribution < 1.29 is 9.59 Å². The van der Waals surface area contributed by atoms with E-state index in [0.29, 0.717) is 31.7 Å². The molecule has 0 aromatic carbocycles. The van der Waals surface area contributed by atoms with Crippen LogP contribution in [0.4, 0.5) is 0 Å². The Morgan fingerprint density at radius 1 is 1.48 bits per heavy atom. The first-order valence-corrected chi connectivity index (χ1v) is 9.17. The quantitative estimate of drug-likeness (QED) is 0.701. The van der Waals surface area contributed by atoms with Crippen LogP contribution in [0.3, 0.4) is 0 Å². The molecule has 3 rings (SSSR count). The van der Waals surface area contributed by atoms with Gasteiger partial charge in [0.25, 0.3) is 5.91 Å². The van der Waals surface area contributed by atoms with Crippen LogP contribution in [0.5, 0.6) is 0 Å². The standard InChI is InChI=1S/C16H22N6O2S/c1-3-17-16(24)13-6-11(7-22(13)8-14-18-4-5-19-14)21-15(23)12-9-25-10(2)20-12/h4-5,9,11,13H,3,6-8H2,1-2H3,(H,17,24)(H,18,19)(H,21,23)/t11-,13+/m1/s1. The van der Waals surface area contributed by atoms with Crippen molar-refractivity contribution >= 4 is 23.2 Å². The number of carbonyl (C=O) groups is 2. The number of amides is 2. The normalized spacial score (nSPS) is 20.6. The van der Waals surface area contributed by atoms with E-state index in [-0.39, 0.29) is 23.9 Å². The Morgan fingerprint density at radius 2 is 2.32 bits per heavy atom. The number of likely N-dealkylation sites (N-methyl/N-ethyl adjacent to an activating group) is 1. The second-order valence-corrected chi connectivity index (χ2v) is 7.10. The lowest BCUT2D eigenvalue weighted by Gasteiger charge is -2.22. The molecule has 2 aromatic heterocycles. The van der Waals surface area contributed by atoms with Gasteiger partial charge in [-0.15, -0.1) is 11.3 Å². The van der Waals surface area contributed by atoms with Crippen molar-refractivity contribution in [2.45, 2.75) is 38.9 Å². The van der Waals surface area contributed by atoms with Crippen LogP contribution in [0, 0.1) is 6.92 Å². The second kappa shape index (κ2) is 7.75. The third kappa shape index (κ3) is 4.23. The molecule has 1 fully saturated rings. The summed E-state index contributed by atoms with van der Waals surface area (Å²) in [7, 11) is 0. The molecule has 1 aliphatic heterocycles. The molecular weight excluding hydrogens is 340 g/mol. The third-order valence-electron chi connectivity index (χ3n) is 4.15. The van der Waals surface area contributed by atoms with Crippen molar-refractivity contribution in [2.75, 3.05) is 13.1 Å². The van der Waals surface area contributed by atoms with Crippen molar-refractivity contribution in [3.8, 4) is 0 Å². The van der Waals surface area contributed by atoms with Crippen LogP contribution in [-0.4, -0.2) is 56.8 Å². The minimum atomic E-state index is -0.285. The Bertz CT molecular complexity index is 729. The van der Waals surface area contributed by atoms with E-state index < -0.39 is 0 Å². The first kappa shape index (κ1) is 17.6. The van der Waals surface area contributed by atoms with Crippen molar-refractivity contribution in [2.24, 2.45) is 0 Å². The summed E-state index contributed by atoms with van der Waals surface area (Å²) in [5, 5.41) is 8.48. The van der Waals surface area contributed by atoms with Gasteiger partial charge in [0.1, 0.15) is 11.5 Å². The minimum absolute atomic E-state index is 0.0182. The third-order valence-corrected chi connectivity index (χ3v) is 4.93. The van der Waals surface area contributed by atoms with Crippen molar-refractivity contribution in [1.29, 1.82) is 0 Å². The largest absolute Gasteiger partial charge is 0.355 e. The van der Waals surface area contributed by atoms with Gasteiger partial charge in [-0.25, -0.2) is 9.97 Å². The Kier molecular flexibility index (Phi) is 5.44. The lowest BCUT2D eigenvalue weighted by molar-refractivity contribution is -0.125. The zero-order valence-electron chi connectivity index (χ0n) is 14.3. The number of nitrogens with zero attached hydrogens (tertiary/aromatic N) is 3. The van der Waals surface area contributed by atoms with Crippen LogP contribution in [0.15, 0.2) is 17.8 Å². The molecular formula is C16H22N6O2S. The molecule has 2 aromatic rings. The lowest BCUT2D eigenvalue weighted by atomic mass is 10.1. The summed E-state index contributed by atoms with van der Waals surface area (Å²) >= 11 is 1.45. The maximum Gasteiger partial charge on any atom is 0.271 e. The molecule has 25 heavy (non-hydrogen) atoms. The van der Waals surface area contributed by atoms with Gasteiger partial charge < -0.3 is 15.6 Å². The topological polar surface area (TPSA) is 103 Å². The number of thiazole rings is 1. The van der Waals surface area contributed by atoms with E-state index in [1.54, 1.807) is 17.8 Å². The van der Waals surface area contributed by atoms with Crippen LogP contribution < -0.4 is 10.6 Å². The fraction of sp³-hybridized carbons (Fsp3) is 0.500. The summed E-state index contributed by atoms with van der Waals surface area (Å²) in [6, 6.07) is -0.385. The molecule has 0 spiro atoms. The highest BCUT2D eigenvalue weighted by Gasteiger charge is 2.37. The summed E-state index contributed by atoms with van der Waals surface area (Å²) in [5.41, 5.74) is 0.432. The smallest absolute Gasteiger partial charge is 0.271 e. The molecule has 3 N–H and O–H groups in total. The molecule has 134 valence electrons. The summed E-state index contributed by atoms with van der Waals surface area (Å²) in [5.74, 6) is 0.593. The highest BCUT2D eigenvalue weighted by atomic mass is 32.1. The molecule has 0 unspecified atom stereocenters. The van der Waals surface area contributed by atoms with Gasteiger partial charge in [0, 0.05) is 36.9 Å². The van der Waals surface area contributed by atoms with Gasteiger partial charge in [-0.2, -0.15) is 0 Å². The van der Waals surface area contributed by atoms with E-state index >= 15 is 0 Å². The van der Waals surface area contributed by atoms with E-state index in [9.17, 15) is 9.59 Å². The zero-order chi connectivity index (χ0) is 17.8. The average molecular weight is 362 g/mol. The van der Waals surface area contributed by atoms with Crippen molar-refractivity contribution in [1.82, 2.24) is 30.5 Å². The number of aromatic amines is 1. The molecule has 1 aliphatic rings. The van der Waals surface area contributed by atoms with E-state index in [2.05, 4.69) is 25.6 Å². The van der Waals surface area contributed by atoms with E-state index in [1.807, 2.05) is 18.7 Å². The number of aryl methyl sites for hydroxylation is 1. The maximum atomic E-state index is 12.4. The predicted molar refractivity (Wildman–Crippen MR) is 94.2 cm³/mol. The van der Waals surface area contributed by atoms with Crippen LogP contribution in [-0.2, 0) is 11.3 Å². The molecule has 0 radical (unpaired) electrons. The van der Waals surface area contributed by atoms with E-state index in [4.69, 9.17) is 0 Å². The zero-order valence-corrected chi connectivity index (χ0v) is 15.1. The van der Waals surface area contributed by atoms with Gasteiger partial charge in [-0.05, 0) is 20.3 Å². The highest BCUT2D eigenvalue weighted by Crippen LogP contribution is 2.21. The molecule has 9 heteroatoms. The number of aromatic nitrogens is 3. The van der Waals surface area contributed by atoms with Crippen LogP contribution in [0.2, 0.25) is 0 Å². The van der Waals surface area contributed by atoms with Gasteiger partial charge in [0.05, 0.1) is 17.6 Å². The van der Waals surface area contributed by atoms with Crippen molar-refractivity contribution in [3.05, 3.63) is 34.3 Å². The Morgan fingerprint density at radius 3 is 2.96 bits per heavy atom. The Balaban J connectivity index is 1.67. The van der Waals surface area contributed by atoms with Crippen LogP contribution >= 0.6 is 11.3 Å². The number of H-pyrrole nitrogens is 1. The number of rotatable bonds is 6. The predicted octanol–water partition coefficient (Wildman–Crippen LogP) is 0.684. The number of likely N-dealkylation sites (tertiary alicyclic amines) is 1. The maximum absolute atomic E-state index is 12.4. The van der Waals surface area contributed by atoms with E-state index in [1.165, 1.54) is 11.3 Å². The van der Waals surface area contributed by atoms with Gasteiger partial charge in [0.2, 0.25) is 5.91 Å². The SMILES string of the molecule is CCNC(=O)[C@@H]1C[C@@H](NC(=O)c2csc(C)n2)CN1Cc1ncc[nH]1. The summed E-state index contributed by atoms with van der Waals surface area (Å²) in [4.78, 5) is 38.3. The molecule has 0 bridgehead atoms. The van der Waals surface area contributed by atoms with Crippen molar-refractivity contribution in [3.63, 3.8) is 0 Å². The molecule has 0 saturated carbocycles. The second-order valence-electron chi connectivity index (χ2n) is 6.03. The molecule has 2 amide bonds. The molecule has 2 atom stereocenters. The summed E-state index contributed by atoms with van der Waals surface area (Å²) in [6.45, 7) is 5.48. The number of carbonyl (C=O) groups excluding carboxylic acids is 2. The Hall–Kier alpha value is -2.26. The first-order valence-electron chi connectivity index (χ1n) is 8.29. The van der Waals surface area contributed by atoms with Crippen LogP contribution in [0.25, 0.3) is 0 Å². The highest BCUT2D eigenvalue weighted by molar-refractivity contribution is 7.09. The Labute approximate surface area is 150 Å². The average Bonchev–Trinajstić information content (AvgIpc) is 3.30. The lowest BCUT2D eigenvalue weighted by Crippen LogP contribution is -2.42. The summed E-state index contributed by atoms with van der Waals surface area (Å²) in [6.07, 6.45) is 4.02. The fourth-order valence-electron chi connectivity index (χ4n) is 3.05. The number of nitrogens with one attached hydrogen (secondary N) is 3. The monoisotopic (exact) mass is 362 g/mol. The van der Waals surface area contributed by atoms with E-state index in [0.717, 1.165) is 10.8 Å². The number of imidazole rings is 1. The molecule has 0 aliphatic carbocycles. The van der Waals surface area contributed by atoms with Gasteiger partial charge >= 0.3 is 0 Å². The fourth-order valence-corrected chi connectivity index (χ4v) is 3.64.